The maximum atomic E-state index is 13.3. The normalized spacial score (nSPS) is 30.1. The van der Waals surface area contributed by atoms with Crippen molar-refractivity contribution in [1.29, 1.82) is 0 Å². The minimum Gasteiger partial charge on any atom is -0.454 e. The molecule has 4 atom stereocenters. The number of ether oxygens (including phenoxy) is 3. The highest BCUT2D eigenvalue weighted by Gasteiger charge is 2.67. The van der Waals surface area contributed by atoms with Crippen LogP contribution in [0.2, 0.25) is 5.02 Å². The van der Waals surface area contributed by atoms with Gasteiger partial charge in [-0.2, -0.15) is 0 Å². The second kappa shape index (κ2) is 6.23. The van der Waals surface area contributed by atoms with E-state index in [-0.39, 0.29) is 18.6 Å². The second-order valence-electron chi connectivity index (χ2n) is 7.86. The van der Waals surface area contributed by atoms with Crippen LogP contribution < -0.4 is 19.7 Å². The molecule has 2 fully saturated rings. The summed E-state index contributed by atoms with van der Waals surface area (Å²) in [5.41, 5.74) is 0.548. The van der Waals surface area contributed by atoms with Gasteiger partial charge in [0.2, 0.25) is 18.6 Å². The van der Waals surface area contributed by atoms with Gasteiger partial charge < -0.3 is 24.4 Å². The monoisotopic (exact) mass is 424 g/mol. The Morgan fingerprint density at radius 3 is 2.77 bits per heavy atom. The smallest absolute Gasteiger partial charge is 0.234 e. The van der Waals surface area contributed by atoms with Gasteiger partial charge in [-0.3, -0.25) is 9.59 Å². The van der Waals surface area contributed by atoms with Gasteiger partial charge in [-0.05, 0) is 36.4 Å². The zero-order chi connectivity index (χ0) is 20.5. The Balaban J connectivity index is 1.28. The maximum Gasteiger partial charge on any atom is 0.234 e. The molecule has 0 aliphatic carbocycles. The van der Waals surface area contributed by atoms with Crippen molar-refractivity contribution >= 4 is 34.8 Å². The molecule has 4 aliphatic heterocycles. The molecule has 8 heteroatoms. The Kier molecular flexibility index (Phi) is 3.70. The number of nitrogens with zero attached hydrogens (tertiary/aromatic N) is 1. The zero-order valence-electron chi connectivity index (χ0n) is 15.7. The molecule has 2 bridgehead atoms. The van der Waals surface area contributed by atoms with Gasteiger partial charge in [0.05, 0.1) is 24.5 Å². The minimum atomic E-state index is -0.779. The highest BCUT2D eigenvalue weighted by molar-refractivity contribution is 6.30. The van der Waals surface area contributed by atoms with Gasteiger partial charge in [-0.25, -0.2) is 0 Å². The molecule has 4 aliphatic rings. The Morgan fingerprint density at radius 2 is 1.93 bits per heavy atom. The topological polar surface area (TPSA) is 77.1 Å². The first-order chi connectivity index (χ1) is 14.5. The number of carbonyl (C=O) groups is 2. The van der Waals surface area contributed by atoms with Crippen LogP contribution in [0.25, 0.3) is 0 Å². The molecule has 2 saturated heterocycles. The molecule has 6 rings (SSSR count). The molecule has 2 aromatic rings. The van der Waals surface area contributed by atoms with Crippen LogP contribution in [0, 0.1) is 11.8 Å². The summed E-state index contributed by atoms with van der Waals surface area (Å²) < 4.78 is 16.8. The van der Waals surface area contributed by atoms with Crippen LogP contribution in [-0.4, -0.2) is 36.9 Å². The first-order valence-electron chi connectivity index (χ1n) is 9.69. The Hall–Kier alpha value is -3.03. The van der Waals surface area contributed by atoms with Crippen LogP contribution in [-0.2, 0) is 14.3 Å². The summed E-state index contributed by atoms with van der Waals surface area (Å²) in [5, 5.41) is 3.51. The molecule has 0 radical (unpaired) electrons. The maximum absolute atomic E-state index is 13.3. The molecule has 2 amide bonds. The lowest BCUT2D eigenvalue weighted by molar-refractivity contribution is -0.128. The number of fused-ring (bicyclic) bond motifs is 2. The third-order valence-corrected chi connectivity index (χ3v) is 6.43. The molecule has 0 aromatic heterocycles. The Morgan fingerprint density at radius 1 is 1.13 bits per heavy atom. The molecule has 1 N–H and O–H groups in total. The van der Waals surface area contributed by atoms with Crippen LogP contribution in [0.15, 0.2) is 54.6 Å². The molecular weight excluding hydrogens is 408 g/mol. The van der Waals surface area contributed by atoms with Crippen molar-refractivity contribution in [3.05, 3.63) is 59.6 Å². The lowest BCUT2D eigenvalue weighted by Gasteiger charge is -2.23. The number of halogens is 1. The fourth-order valence-corrected chi connectivity index (χ4v) is 4.96. The molecule has 30 heavy (non-hydrogen) atoms. The number of nitrogens with one attached hydrogen (secondary N) is 1. The van der Waals surface area contributed by atoms with E-state index >= 15 is 0 Å². The van der Waals surface area contributed by atoms with Crippen molar-refractivity contribution in [3.63, 3.8) is 0 Å². The summed E-state index contributed by atoms with van der Waals surface area (Å²) in [6, 6.07) is 12.3. The molecule has 2 aromatic carbocycles. The lowest BCUT2D eigenvalue weighted by atomic mass is 9.77. The molecule has 0 unspecified atom stereocenters. The highest BCUT2D eigenvalue weighted by atomic mass is 35.5. The fourth-order valence-electron chi connectivity index (χ4n) is 4.84. The molecular formula is C22H17ClN2O5. The number of hydrogen-bond donors (Lipinski definition) is 1. The molecule has 0 saturated carbocycles. The van der Waals surface area contributed by atoms with E-state index in [4.69, 9.17) is 25.8 Å². The van der Waals surface area contributed by atoms with Crippen molar-refractivity contribution in [1.82, 2.24) is 0 Å². The molecule has 4 heterocycles. The van der Waals surface area contributed by atoms with Crippen molar-refractivity contribution in [2.24, 2.45) is 11.8 Å². The van der Waals surface area contributed by atoms with Gasteiger partial charge in [0, 0.05) is 22.5 Å². The van der Waals surface area contributed by atoms with Crippen molar-refractivity contribution < 1.29 is 23.8 Å². The molecule has 1 spiro atoms. The second-order valence-corrected chi connectivity index (χ2v) is 8.29. The van der Waals surface area contributed by atoms with Gasteiger partial charge in [-0.15, -0.1) is 0 Å². The quantitative estimate of drug-likeness (QED) is 0.766. The first-order valence-corrected chi connectivity index (χ1v) is 10.1. The SMILES string of the molecule is O=C(Nc1ccc2c(c1)OCO2)[C@H]1[C@H]2C(=O)N(c3ccc(Cl)cc3)C[C@@]23C=C[C@H]1O3. The highest BCUT2D eigenvalue weighted by Crippen LogP contribution is 2.53. The van der Waals surface area contributed by atoms with E-state index in [1.807, 2.05) is 12.2 Å². The largest absolute Gasteiger partial charge is 0.454 e. The van der Waals surface area contributed by atoms with Crippen LogP contribution >= 0.6 is 11.6 Å². The number of hydrogen-bond acceptors (Lipinski definition) is 5. The summed E-state index contributed by atoms with van der Waals surface area (Å²) in [6.07, 6.45) is 3.40. The molecule has 7 nitrogen and oxygen atoms in total. The summed E-state index contributed by atoms with van der Waals surface area (Å²) in [7, 11) is 0. The van der Waals surface area contributed by atoms with Crippen LogP contribution in [0.3, 0.4) is 0 Å². The van der Waals surface area contributed by atoms with Gasteiger partial charge in [0.25, 0.3) is 0 Å². The van der Waals surface area contributed by atoms with Crippen molar-refractivity contribution in [3.8, 4) is 11.5 Å². The van der Waals surface area contributed by atoms with E-state index in [1.165, 1.54) is 0 Å². The number of amides is 2. The van der Waals surface area contributed by atoms with Crippen LogP contribution in [0.1, 0.15) is 0 Å². The van der Waals surface area contributed by atoms with E-state index in [2.05, 4.69) is 5.32 Å². The van der Waals surface area contributed by atoms with Gasteiger partial charge >= 0.3 is 0 Å². The fraction of sp³-hybridized carbons (Fsp3) is 0.273. The van der Waals surface area contributed by atoms with E-state index in [9.17, 15) is 9.59 Å². The minimum absolute atomic E-state index is 0.116. The standard InChI is InChI=1S/C22H17ClN2O5/c23-12-1-4-14(5-2-12)25-10-22-8-7-16(30-22)18(19(22)21(25)27)20(26)24-13-3-6-15-17(9-13)29-11-28-15/h1-9,16,18-19H,10-11H2,(H,24,26)/t16-,18-,19+,22+/m1/s1. The molecule has 152 valence electrons. The average molecular weight is 425 g/mol. The van der Waals surface area contributed by atoms with Crippen molar-refractivity contribution in [2.75, 3.05) is 23.6 Å². The zero-order valence-corrected chi connectivity index (χ0v) is 16.5. The first kappa shape index (κ1) is 17.8. The summed E-state index contributed by atoms with van der Waals surface area (Å²) >= 11 is 5.98. The summed E-state index contributed by atoms with van der Waals surface area (Å²) in [4.78, 5) is 28.2. The Labute approximate surface area is 177 Å². The van der Waals surface area contributed by atoms with Gasteiger partial charge in [-0.1, -0.05) is 23.8 Å². The van der Waals surface area contributed by atoms with Gasteiger partial charge in [0.15, 0.2) is 11.5 Å². The summed E-state index contributed by atoms with van der Waals surface area (Å²) in [6.45, 7) is 0.536. The number of rotatable bonds is 3. The third kappa shape index (κ3) is 2.49. The third-order valence-electron chi connectivity index (χ3n) is 6.18. The number of anilines is 2. The number of carbonyl (C=O) groups excluding carboxylic acids is 2. The van der Waals surface area contributed by atoms with E-state index in [0.29, 0.717) is 28.8 Å². The van der Waals surface area contributed by atoms with E-state index in [0.717, 1.165) is 5.69 Å². The van der Waals surface area contributed by atoms with Crippen LogP contribution in [0.5, 0.6) is 11.5 Å². The van der Waals surface area contributed by atoms with Gasteiger partial charge in [0.1, 0.15) is 5.60 Å². The lowest BCUT2D eigenvalue weighted by Crippen LogP contribution is -2.41. The predicted molar refractivity (Wildman–Crippen MR) is 109 cm³/mol. The average Bonchev–Trinajstić information content (AvgIpc) is 3.49. The number of benzene rings is 2. The van der Waals surface area contributed by atoms with E-state index < -0.39 is 23.5 Å². The van der Waals surface area contributed by atoms with Crippen LogP contribution in [0.4, 0.5) is 11.4 Å². The van der Waals surface area contributed by atoms with Crippen molar-refractivity contribution in [2.45, 2.75) is 11.7 Å². The van der Waals surface area contributed by atoms with E-state index in [1.54, 1.807) is 47.4 Å². The predicted octanol–water partition coefficient (Wildman–Crippen LogP) is 2.99. The summed E-state index contributed by atoms with van der Waals surface area (Å²) in [5.74, 6) is -0.319. The Bertz CT molecular complexity index is 1100.